The second-order valence-electron chi connectivity index (χ2n) is 11.8. The fraction of sp³-hybridized carbons (Fsp3) is 0.467. The summed E-state index contributed by atoms with van der Waals surface area (Å²) in [5.41, 5.74) is -0.226. The van der Waals surface area contributed by atoms with Gasteiger partial charge in [-0.1, -0.05) is 45.9 Å². The van der Waals surface area contributed by atoms with E-state index in [1.807, 2.05) is 20.8 Å². The summed E-state index contributed by atoms with van der Waals surface area (Å²) in [5.74, 6) is -0.288. The van der Waals surface area contributed by atoms with Gasteiger partial charge in [-0.25, -0.2) is 13.4 Å². The van der Waals surface area contributed by atoms with E-state index in [9.17, 15) is 36.6 Å². The number of hydrogen-bond donors (Lipinski definition) is 3. The van der Waals surface area contributed by atoms with E-state index in [0.29, 0.717) is 22.8 Å². The number of alkyl halides is 3. The molecular formula is C30H37F3N4O5S. The van der Waals surface area contributed by atoms with Crippen LogP contribution in [0, 0.1) is 6.92 Å². The van der Waals surface area contributed by atoms with Crippen molar-refractivity contribution in [1.29, 1.82) is 0 Å². The number of β-amino-alcohol motifs (C(OH)–C–C–N with tert-alkyl or cyclic N) is 1. The number of carbonyl (C=O) groups excluding carboxylic acids is 1. The minimum absolute atomic E-state index is 0.00522. The number of rotatable bonds is 9. The zero-order chi connectivity index (χ0) is 31.9. The molecule has 43 heavy (non-hydrogen) atoms. The van der Waals surface area contributed by atoms with Gasteiger partial charge in [-0.15, -0.1) is 0 Å². The highest BCUT2D eigenvalue weighted by Crippen LogP contribution is 2.37. The number of aliphatic hydroxyl groups is 2. The lowest BCUT2D eigenvalue weighted by atomic mass is 9.95. The first kappa shape index (κ1) is 32.5. The summed E-state index contributed by atoms with van der Waals surface area (Å²) in [6.07, 6.45) is -5.20. The summed E-state index contributed by atoms with van der Waals surface area (Å²) < 4.78 is 68.5. The van der Waals surface area contributed by atoms with Crippen LogP contribution in [-0.2, 0) is 28.0 Å². The number of aliphatic hydroxyl groups excluding tert-OH is 2. The lowest BCUT2D eigenvalue weighted by Crippen LogP contribution is -2.50. The average molecular weight is 623 g/mol. The number of aromatic nitrogens is 2. The van der Waals surface area contributed by atoms with E-state index < -0.39 is 51.7 Å². The van der Waals surface area contributed by atoms with Crippen LogP contribution in [0.1, 0.15) is 72.4 Å². The predicted molar refractivity (Wildman–Crippen MR) is 156 cm³/mol. The third-order valence-corrected chi connectivity index (χ3v) is 9.32. The Hall–Kier alpha value is -3.42. The van der Waals surface area contributed by atoms with Gasteiger partial charge in [0.15, 0.2) is 9.84 Å². The normalized spacial score (nSPS) is 15.3. The number of anilines is 1. The zero-order valence-electron chi connectivity index (χ0n) is 24.7. The number of nitrogens with zero attached hydrogens (tertiary/aromatic N) is 3. The number of imidazole rings is 1. The average Bonchev–Trinajstić information content (AvgIpc) is 3.26. The second kappa shape index (κ2) is 11.9. The Labute approximate surface area is 249 Å². The number of halogens is 3. The highest BCUT2D eigenvalue weighted by molar-refractivity contribution is 7.91. The monoisotopic (exact) mass is 622 g/mol. The Balaban J connectivity index is 1.66. The van der Waals surface area contributed by atoms with Gasteiger partial charge in [0.1, 0.15) is 11.5 Å². The number of hydrogen-bond acceptors (Lipinski definition) is 7. The first-order valence-electron chi connectivity index (χ1n) is 13.9. The molecule has 1 aliphatic rings. The molecule has 2 heterocycles. The molecule has 0 saturated carbocycles. The van der Waals surface area contributed by atoms with Crippen LogP contribution in [0.2, 0.25) is 0 Å². The van der Waals surface area contributed by atoms with Crippen molar-refractivity contribution in [2.75, 3.05) is 30.3 Å². The Morgan fingerprint density at radius 2 is 1.74 bits per heavy atom. The molecule has 0 spiro atoms. The fourth-order valence-corrected chi connectivity index (χ4v) is 5.93. The number of amides is 1. The van der Waals surface area contributed by atoms with Crippen LogP contribution in [0.5, 0.6) is 0 Å². The number of nitrogens with one attached hydrogen (secondary N) is 1. The van der Waals surface area contributed by atoms with Crippen LogP contribution in [0.25, 0.3) is 0 Å². The fourth-order valence-electron chi connectivity index (χ4n) is 5.05. The SMILES string of the molecule is CCS(=O)(=O)c1ccc([C@@H](CO)NC(=O)c2nc(C(C)(C)C)n(Cc3ccc(N4CC(O)C4)cc3C(F)(F)F)c2C)cc1. The molecule has 0 aliphatic carbocycles. The zero-order valence-corrected chi connectivity index (χ0v) is 25.6. The van der Waals surface area contributed by atoms with E-state index in [2.05, 4.69) is 10.3 Å². The van der Waals surface area contributed by atoms with Crippen molar-refractivity contribution in [3.8, 4) is 0 Å². The number of benzene rings is 2. The summed E-state index contributed by atoms with van der Waals surface area (Å²) in [4.78, 5) is 19.8. The molecule has 3 N–H and O–H groups in total. The van der Waals surface area contributed by atoms with E-state index in [1.165, 1.54) is 37.3 Å². The van der Waals surface area contributed by atoms with Gasteiger partial charge < -0.3 is 25.0 Å². The number of carbonyl (C=O) groups is 1. The molecule has 2 aromatic carbocycles. The summed E-state index contributed by atoms with van der Waals surface area (Å²) in [6, 6.07) is 9.06. The maximum absolute atomic E-state index is 14.2. The minimum atomic E-state index is -4.63. The lowest BCUT2D eigenvalue weighted by Gasteiger charge is -2.38. The Morgan fingerprint density at radius 1 is 1.12 bits per heavy atom. The molecule has 1 amide bonds. The standard InChI is InChI=1S/C30H37F3N4O5S/c1-6-43(41,42)23-11-8-19(9-12-23)25(17-38)34-27(40)26-18(2)37(28(35-26)29(3,4)5)14-20-7-10-21(36-15-22(39)16-36)13-24(20)30(31,32)33/h7-13,22,25,38-39H,6,14-17H2,1-5H3,(H,34,40)/t25-/m1/s1. The molecule has 0 radical (unpaired) electrons. The molecule has 4 rings (SSSR count). The van der Waals surface area contributed by atoms with Gasteiger partial charge in [-0.05, 0) is 42.3 Å². The third-order valence-electron chi connectivity index (χ3n) is 7.57. The molecule has 1 aliphatic heterocycles. The molecule has 1 atom stereocenters. The predicted octanol–water partition coefficient (Wildman–Crippen LogP) is 3.99. The third kappa shape index (κ3) is 6.89. The Morgan fingerprint density at radius 3 is 2.26 bits per heavy atom. The maximum atomic E-state index is 14.2. The molecule has 1 saturated heterocycles. The van der Waals surface area contributed by atoms with E-state index >= 15 is 0 Å². The Bertz CT molecular complexity index is 1590. The van der Waals surface area contributed by atoms with Crippen molar-refractivity contribution < 1.29 is 36.6 Å². The molecule has 1 aromatic heterocycles. The van der Waals surface area contributed by atoms with Gasteiger partial charge in [-0.2, -0.15) is 13.2 Å². The molecule has 3 aromatic rings. The summed E-state index contributed by atoms with van der Waals surface area (Å²) in [5, 5.41) is 22.3. The van der Waals surface area contributed by atoms with Crippen LogP contribution in [0.4, 0.5) is 18.9 Å². The first-order valence-corrected chi connectivity index (χ1v) is 15.6. The van der Waals surface area contributed by atoms with Gasteiger partial charge in [0.25, 0.3) is 5.91 Å². The van der Waals surface area contributed by atoms with Crippen LogP contribution in [0.15, 0.2) is 47.4 Å². The largest absolute Gasteiger partial charge is 0.416 e. The lowest BCUT2D eigenvalue weighted by molar-refractivity contribution is -0.138. The van der Waals surface area contributed by atoms with Gasteiger partial charge in [0.05, 0.1) is 35.0 Å². The minimum Gasteiger partial charge on any atom is -0.394 e. The van der Waals surface area contributed by atoms with Crippen molar-refractivity contribution in [2.24, 2.45) is 0 Å². The summed E-state index contributed by atoms with van der Waals surface area (Å²) in [6.45, 7) is 8.54. The van der Waals surface area contributed by atoms with Crippen LogP contribution >= 0.6 is 0 Å². The topological polar surface area (TPSA) is 125 Å². The van der Waals surface area contributed by atoms with Crippen LogP contribution < -0.4 is 10.2 Å². The van der Waals surface area contributed by atoms with Crippen LogP contribution in [0.3, 0.4) is 0 Å². The van der Waals surface area contributed by atoms with Crippen LogP contribution in [-0.4, -0.2) is 65.6 Å². The van der Waals surface area contributed by atoms with Crippen molar-refractivity contribution in [3.63, 3.8) is 0 Å². The molecule has 0 unspecified atom stereocenters. The van der Waals surface area contributed by atoms with E-state index in [-0.39, 0.29) is 41.5 Å². The van der Waals surface area contributed by atoms with E-state index in [4.69, 9.17) is 0 Å². The quantitative estimate of drug-likeness (QED) is 0.330. The first-order chi connectivity index (χ1) is 20.0. The summed E-state index contributed by atoms with van der Waals surface area (Å²) >= 11 is 0. The molecular weight excluding hydrogens is 585 g/mol. The highest BCUT2D eigenvalue weighted by Gasteiger charge is 2.36. The molecule has 0 bridgehead atoms. The van der Waals surface area contributed by atoms with Crippen molar-refractivity contribution in [2.45, 2.75) is 69.8 Å². The highest BCUT2D eigenvalue weighted by atomic mass is 32.2. The summed E-state index contributed by atoms with van der Waals surface area (Å²) in [7, 11) is -3.43. The molecule has 9 nitrogen and oxygen atoms in total. The van der Waals surface area contributed by atoms with Crippen molar-refractivity contribution >= 4 is 21.4 Å². The second-order valence-corrected chi connectivity index (χ2v) is 14.1. The van der Waals surface area contributed by atoms with Crippen molar-refractivity contribution in [3.05, 3.63) is 76.4 Å². The smallest absolute Gasteiger partial charge is 0.394 e. The molecule has 13 heteroatoms. The molecule has 234 valence electrons. The van der Waals surface area contributed by atoms with E-state index in [1.54, 1.807) is 22.5 Å². The Kier molecular flexibility index (Phi) is 9.01. The number of sulfone groups is 1. The van der Waals surface area contributed by atoms with Gasteiger partial charge in [0, 0.05) is 36.4 Å². The van der Waals surface area contributed by atoms with E-state index in [0.717, 1.165) is 6.07 Å². The maximum Gasteiger partial charge on any atom is 0.416 e. The van der Waals surface area contributed by atoms with Gasteiger partial charge >= 0.3 is 6.18 Å². The van der Waals surface area contributed by atoms with Crippen molar-refractivity contribution in [1.82, 2.24) is 14.9 Å². The molecule has 1 fully saturated rings. The van der Waals surface area contributed by atoms with Gasteiger partial charge in [0.2, 0.25) is 0 Å². The van der Waals surface area contributed by atoms with Gasteiger partial charge in [-0.3, -0.25) is 4.79 Å².